The fourth-order valence-corrected chi connectivity index (χ4v) is 3.55. The molecule has 1 atom stereocenters. The number of rotatable bonds is 5. The minimum atomic E-state index is -1.04. The molecule has 3 aromatic carbocycles. The highest BCUT2D eigenvalue weighted by molar-refractivity contribution is 9.10. The van der Waals surface area contributed by atoms with Gasteiger partial charge >= 0.3 is 6.03 Å². The lowest BCUT2D eigenvalue weighted by molar-refractivity contribution is 0.183. The largest absolute Gasteiger partial charge is 0.387 e. The smallest absolute Gasteiger partial charge is 0.326 e. The number of urea groups is 1. The fourth-order valence-electron chi connectivity index (χ4n) is 2.78. The van der Waals surface area contributed by atoms with E-state index >= 15 is 0 Å². The summed E-state index contributed by atoms with van der Waals surface area (Å²) in [6.07, 6.45) is -1.04. The predicted octanol–water partition coefficient (Wildman–Crippen LogP) is 7.19. The number of anilines is 2. The number of carbonyl (C=O) groups excluding carboxylic acids is 1. The summed E-state index contributed by atoms with van der Waals surface area (Å²) in [5, 5.41) is 14.0. The van der Waals surface area contributed by atoms with Gasteiger partial charge in [-0.1, -0.05) is 49.5 Å². The van der Waals surface area contributed by atoms with Crippen molar-refractivity contribution in [3.8, 4) is 0 Å². The number of nitrogens with one attached hydrogen (secondary N) is 1. The maximum atomic E-state index is 13.0. The quantitative estimate of drug-likeness (QED) is 0.331. The third-order valence-electron chi connectivity index (χ3n) is 4.25. The van der Waals surface area contributed by atoms with Crippen LogP contribution in [0.25, 0.3) is 4.85 Å². The van der Waals surface area contributed by atoms with Crippen molar-refractivity contribution in [1.29, 1.82) is 0 Å². The predicted molar refractivity (Wildman–Crippen MR) is 127 cm³/mol. The number of amides is 2. The zero-order valence-electron chi connectivity index (χ0n) is 15.5. The second-order valence-electron chi connectivity index (χ2n) is 6.39. The molecule has 0 aliphatic carbocycles. The van der Waals surface area contributed by atoms with Crippen LogP contribution in [0.2, 0.25) is 5.02 Å². The number of benzene rings is 3. The van der Waals surface area contributed by atoms with Gasteiger partial charge in [0.1, 0.15) is 0 Å². The molecule has 8 heteroatoms. The molecular formula is C22H16Br2ClN3O2. The summed E-state index contributed by atoms with van der Waals surface area (Å²) in [4.78, 5) is 17.9. The molecule has 3 rings (SSSR count). The third-order valence-corrected chi connectivity index (χ3v) is 5.53. The van der Waals surface area contributed by atoms with Gasteiger partial charge in [0, 0.05) is 25.3 Å². The van der Waals surface area contributed by atoms with Crippen LogP contribution in [-0.4, -0.2) is 17.7 Å². The van der Waals surface area contributed by atoms with Crippen LogP contribution in [0.3, 0.4) is 0 Å². The number of nitrogens with zero attached hydrogens (tertiary/aromatic N) is 2. The zero-order chi connectivity index (χ0) is 21.7. The lowest BCUT2D eigenvalue weighted by Gasteiger charge is -2.26. The maximum Gasteiger partial charge on any atom is 0.326 e. The van der Waals surface area contributed by atoms with Crippen molar-refractivity contribution in [1.82, 2.24) is 0 Å². The van der Waals surface area contributed by atoms with E-state index in [1.807, 2.05) is 24.3 Å². The molecule has 152 valence electrons. The molecule has 2 amide bonds. The monoisotopic (exact) mass is 547 g/mol. The molecular weight excluding hydrogens is 534 g/mol. The molecule has 30 heavy (non-hydrogen) atoms. The van der Waals surface area contributed by atoms with Crippen LogP contribution in [0.1, 0.15) is 11.7 Å². The van der Waals surface area contributed by atoms with E-state index in [2.05, 4.69) is 42.0 Å². The van der Waals surface area contributed by atoms with Gasteiger partial charge in [-0.3, -0.25) is 4.90 Å². The number of hydrogen-bond acceptors (Lipinski definition) is 2. The zero-order valence-corrected chi connectivity index (χ0v) is 19.4. The highest BCUT2D eigenvalue weighted by Gasteiger charge is 2.21. The van der Waals surface area contributed by atoms with Gasteiger partial charge in [-0.15, -0.1) is 0 Å². The molecule has 0 aliphatic heterocycles. The summed E-state index contributed by atoms with van der Waals surface area (Å²) in [5.41, 5.74) is 2.02. The Balaban J connectivity index is 1.88. The van der Waals surface area contributed by atoms with E-state index in [1.54, 1.807) is 36.4 Å². The number of aliphatic hydroxyl groups is 1. The van der Waals surface area contributed by atoms with Gasteiger partial charge < -0.3 is 10.4 Å². The van der Waals surface area contributed by atoms with Crippen LogP contribution in [0, 0.1) is 6.57 Å². The van der Waals surface area contributed by atoms with Crippen molar-refractivity contribution in [2.75, 3.05) is 16.8 Å². The molecule has 0 spiro atoms. The average Bonchev–Trinajstić information content (AvgIpc) is 2.73. The van der Waals surface area contributed by atoms with Crippen molar-refractivity contribution in [2.45, 2.75) is 6.10 Å². The first kappa shape index (κ1) is 22.3. The van der Waals surface area contributed by atoms with Crippen LogP contribution in [0.5, 0.6) is 0 Å². The Labute approximate surface area is 196 Å². The maximum absolute atomic E-state index is 13.0. The number of carbonyl (C=O) groups is 1. The van der Waals surface area contributed by atoms with E-state index in [-0.39, 0.29) is 6.54 Å². The Hall–Kier alpha value is -2.37. The van der Waals surface area contributed by atoms with E-state index < -0.39 is 12.1 Å². The summed E-state index contributed by atoms with van der Waals surface area (Å²) < 4.78 is 1.77. The topological polar surface area (TPSA) is 56.9 Å². The van der Waals surface area contributed by atoms with E-state index in [4.69, 9.17) is 18.2 Å². The van der Waals surface area contributed by atoms with Crippen LogP contribution >= 0.6 is 43.5 Å². The molecule has 0 saturated carbocycles. The van der Waals surface area contributed by atoms with Gasteiger partial charge in [0.05, 0.1) is 19.2 Å². The fraction of sp³-hybridized carbons (Fsp3) is 0.0909. The molecule has 1 unspecified atom stereocenters. The molecule has 0 saturated heterocycles. The normalized spacial score (nSPS) is 11.4. The Morgan fingerprint density at radius 2 is 1.67 bits per heavy atom. The van der Waals surface area contributed by atoms with E-state index in [9.17, 15) is 9.90 Å². The van der Waals surface area contributed by atoms with Crippen molar-refractivity contribution in [2.24, 2.45) is 0 Å². The van der Waals surface area contributed by atoms with Crippen LogP contribution in [0.4, 0.5) is 21.9 Å². The SMILES string of the molecule is [C-]#[N+]c1cc(Cl)cc(C(O)CN(C(=O)Nc2ccc(Br)cc2)c2ccc(Br)cc2)c1. The van der Waals surface area contributed by atoms with Gasteiger partial charge in [0.2, 0.25) is 0 Å². The van der Waals surface area contributed by atoms with Crippen LogP contribution in [-0.2, 0) is 0 Å². The van der Waals surface area contributed by atoms with E-state index in [0.717, 1.165) is 8.95 Å². The van der Waals surface area contributed by atoms with Crippen LogP contribution in [0.15, 0.2) is 75.7 Å². The second kappa shape index (κ2) is 10.1. The molecule has 0 radical (unpaired) electrons. The van der Waals surface area contributed by atoms with Gasteiger partial charge in [-0.2, -0.15) is 0 Å². The van der Waals surface area contributed by atoms with Crippen molar-refractivity contribution < 1.29 is 9.90 Å². The molecule has 0 heterocycles. The average molecular weight is 550 g/mol. The summed E-state index contributed by atoms with van der Waals surface area (Å²) in [5.74, 6) is 0. The van der Waals surface area contributed by atoms with Gasteiger partial charge in [0.15, 0.2) is 5.69 Å². The highest BCUT2D eigenvalue weighted by atomic mass is 79.9. The van der Waals surface area contributed by atoms with Gasteiger partial charge in [0.25, 0.3) is 0 Å². The molecule has 0 bridgehead atoms. The number of halogens is 3. The Kier molecular flexibility index (Phi) is 7.51. The lowest BCUT2D eigenvalue weighted by atomic mass is 10.1. The highest BCUT2D eigenvalue weighted by Crippen LogP contribution is 2.28. The lowest BCUT2D eigenvalue weighted by Crippen LogP contribution is -2.38. The van der Waals surface area contributed by atoms with Crippen molar-refractivity contribution in [3.05, 3.63) is 97.7 Å². The molecule has 0 aromatic heterocycles. The summed E-state index contributed by atoms with van der Waals surface area (Å²) in [6, 6.07) is 18.7. The molecule has 2 N–H and O–H groups in total. The summed E-state index contributed by atoms with van der Waals surface area (Å²) in [7, 11) is 0. The molecule has 0 fully saturated rings. The van der Waals surface area contributed by atoms with Gasteiger partial charge in [-0.05, 0) is 66.2 Å². The second-order valence-corrected chi connectivity index (χ2v) is 8.66. The number of aliphatic hydroxyl groups excluding tert-OH is 1. The molecule has 3 aromatic rings. The Morgan fingerprint density at radius 3 is 2.27 bits per heavy atom. The first-order valence-corrected chi connectivity index (χ1v) is 10.8. The van der Waals surface area contributed by atoms with E-state index in [1.165, 1.54) is 11.0 Å². The first-order valence-electron chi connectivity index (χ1n) is 8.81. The standard InChI is InChI=1S/C22H16Br2ClN3O2/c1-26-19-11-14(10-17(25)12-19)21(29)13-28(20-8-4-16(24)5-9-20)22(30)27-18-6-2-15(23)3-7-18/h2-12,21,29H,13H2,(H,27,30). The van der Waals surface area contributed by atoms with Crippen molar-refractivity contribution in [3.63, 3.8) is 0 Å². The van der Waals surface area contributed by atoms with E-state index in [0.29, 0.717) is 27.6 Å². The van der Waals surface area contributed by atoms with Crippen LogP contribution < -0.4 is 10.2 Å². The third kappa shape index (κ3) is 5.83. The Bertz CT molecular complexity index is 1080. The number of hydrogen-bond donors (Lipinski definition) is 2. The molecule has 5 nitrogen and oxygen atoms in total. The minimum absolute atomic E-state index is 0.0260. The Morgan fingerprint density at radius 1 is 1.07 bits per heavy atom. The van der Waals surface area contributed by atoms with Gasteiger partial charge in [-0.25, -0.2) is 9.64 Å². The summed E-state index contributed by atoms with van der Waals surface area (Å²) in [6.45, 7) is 7.16. The summed E-state index contributed by atoms with van der Waals surface area (Å²) >= 11 is 12.8. The minimum Gasteiger partial charge on any atom is -0.387 e. The molecule has 0 aliphatic rings. The van der Waals surface area contributed by atoms with Crippen molar-refractivity contribution >= 4 is 66.6 Å². The first-order chi connectivity index (χ1) is 14.4.